The number of hydrogen-bond acceptors (Lipinski definition) is 12. The molecule has 0 bridgehead atoms. The minimum Gasteiger partial charge on any atom is -0.461 e. The first-order valence-electron chi connectivity index (χ1n) is 11.2. The summed E-state index contributed by atoms with van der Waals surface area (Å²) in [4.78, 5) is 38.8. The van der Waals surface area contributed by atoms with E-state index >= 15 is 0 Å². The number of aromatic nitrogens is 7. The Bertz CT molecular complexity index is 1270. The second-order valence-corrected chi connectivity index (χ2v) is 7.75. The second-order valence-electron chi connectivity index (χ2n) is 7.75. The van der Waals surface area contributed by atoms with Crippen molar-refractivity contribution < 1.29 is 13.9 Å². The van der Waals surface area contributed by atoms with Gasteiger partial charge in [-0.25, -0.2) is 9.97 Å². The van der Waals surface area contributed by atoms with Crippen LogP contribution in [0.1, 0.15) is 6.92 Å². The molecule has 182 valence electrons. The molecule has 4 aromatic rings. The van der Waals surface area contributed by atoms with Crippen molar-refractivity contribution in [3.63, 3.8) is 0 Å². The van der Waals surface area contributed by atoms with Crippen molar-refractivity contribution in [1.82, 2.24) is 39.4 Å². The highest BCUT2D eigenvalue weighted by Gasteiger charge is 2.29. The Balaban J connectivity index is 1.31. The fourth-order valence-electron chi connectivity index (χ4n) is 3.75. The highest BCUT2D eigenvalue weighted by Crippen LogP contribution is 2.18. The number of nitrogens with two attached hydrogens (primary N) is 1. The molecule has 1 aliphatic heterocycles. The normalized spacial score (nSPS) is 14.9. The lowest BCUT2D eigenvalue weighted by atomic mass is 10.2. The zero-order valence-corrected chi connectivity index (χ0v) is 19.1. The zero-order chi connectivity index (χ0) is 24.2. The monoisotopic (exact) mass is 479 g/mol. The van der Waals surface area contributed by atoms with Crippen LogP contribution in [-0.4, -0.2) is 90.8 Å². The summed E-state index contributed by atoms with van der Waals surface area (Å²) >= 11 is 0. The molecule has 14 nitrogen and oxygen atoms in total. The van der Waals surface area contributed by atoms with Crippen molar-refractivity contribution in [3.05, 3.63) is 36.9 Å². The van der Waals surface area contributed by atoms with Gasteiger partial charge in [-0.2, -0.15) is 19.5 Å². The summed E-state index contributed by atoms with van der Waals surface area (Å²) in [5, 5.41) is 7.35. The van der Waals surface area contributed by atoms with Gasteiger partial charge in [0.25, 0.3) is 5.78 Å². The van der Waals surface area contributed by atoms with Gasteiger partial charge in [-0.15, -0.1) is 5.10 Å². The van der Waals surface area contributed by atoms with Gasteiger partial charge in [0, 0.05) is 45.2 Å². The van der Waals surface area contributed by atoms with Gasteiger partial charge in [0.1, 0.15) is 6.04 Å². The van der Waals surface area contributed by atoms with Crippen LogP contribution in [0.3, 0.4) is 0 Å². The molecule has 3 N–H and O–H groups in total. The number of carbonyl (C=O) groups excluding carboxylic acids is 1. The molecule has 5 rings (SSSR count). The van der Waals surface area contributed by atoms with Crippen LogP contribution < -0.4 is 16.0 Å². The van der Waals surface area contributed by atoms with E-state index < -0.39 is 6.04 Å². The van der Waals surface area contributed by atoms with Gasteiger partial charge in [0.15, 0.2) is 5.76 Å². The van der Waals surface area contributed by atoms with Crippen molar-refractivity contribution in [3.8, 4) is 11.6 Å². The molecule has 0 saturated carbocycles. The molecule has 1 atom stereocenters. The summed E-state index contributed by atoms with van der Waals surface area (Å²) in [6, 6.07) is 4.54. The number of nitrogens with one attached hydrogen (secondary N) is 1. The molecule has 35 heavy (non-hydrogen) atoms. The molecular weight excluding hydrogens is 454 g/mol. The maximum Gasteiger partial charge on any atom is 0.259 e. The smallest absolute Gasteiger partial charge is 0.259 e. The standard InChI is InChI=1S/C21H25N11O3/c1-2-34-13-14(17(33)30-8-10-31(11-9-30)20-23-6-4-7-24-20)25-19-27-18(22)32-21(28-19)26-16(29-32)15-5-3-12-35-15/h3-7,12,14H,2,8-11,13H2,1H3,(H3,22,25,26,27,28,29)/t14-/m0/s1. The number of ether oxygens (including phenoxy) is 1. The minimum absolute atomic E-state index is 0.0712. The predicted octanol–water partition coefficient (Wildman–Crippen LogP) is 0.317. The van der Waals surface area contributed by atoms with E-state index in [0.717, 1.165) is 0 Å². The molecule has 1 aliphatic rings. The summed E-state index contributed by atoms with van der Waals surface area (Å²) in [5.41, 5.74) is 6.08. The van der Waals surface area contributed by atoms with Crippen LogP contribution in [0.25, 0.3) is 17.4 Å². The quantitative estimate of drug-likeness (QED) is 0.356. The van der Waals surface area contributed by atoms with Crippen molar-refractivity contribution >= 4 is 29.5 Å². The molecule has 4 aromatic heterocycles. The number of carbonyl (C=O) groups is 1. The summed E-state index contributed by atoms with van der Waals surface area (Å²) in [6.07, 6.45) is 4.94. The van der Waals surface area contributed by atoms with Crippen LogP contribution in [0.15, 0.2) is 41.3 Å². The van der Waals surface area contributed by atoms with Gasteiger partial charge in [-0.05, 0) is 25.1 Å². The Labute approximate surface area is 200 Å². The molecule has 0 aliphatic carbocycles. The van der Waals surface area contributed by atoms with E-state index in [9.17, 15) is 4.79 Å². The third-order valence-electron chi connectivity index (χ3n) is 5.49. The van der Waals surface area contributed by atoms with Gasteiger partial charge in [-0.3, -0.25) is 4.79 Å². The van der Waals surface area contributed by atoms with Crippen LogP contribution in [0.4, 0.5) is 17.8 Å². The second kappa shape index (κ2) is 9.89. The molecular formula is C21H25N11O3. The average molecular weight is 480 g/mol. The fourth-order valence-corrected chi connectivity index (χ4v) is 3.75. The Morgan fingerprint density at radius 1 is 1.17 bits per heavy atom. The summed E-state index contributed by atoms with van der Waals surface area (Å²) in [7, 11) is 0. The maximum absolute atomic E-state index is 13.4. The number of anilines is 3. The van der Waals surface area contributed by atoms with Crippen LogP contribution >= 0.6 is 0 Å². The average Bonchev–Trinajstić information content (AvgIpc) is 3.57. The lowest BCUT2D eigenvalue weighted by Crippen LogP contribution is -2.54. The SMILES string of the molecule is CCOC[C@H](Nc1nc(N)n2nc(-c3ccco3)nc2n1)C(=O)N1CCN(c2ncccn2)CC1. The highest BCUT2D eigenvalue weighted by molar-refractivity contribution is 5.84. The first kappa shape index (κ1) is 22.5. The molecule has 0 spiro atoms. The van der Waals surface area contributed by atoms with Gasteiger partial charge in [0.2, 0.25) is 29.6 Å². The third kappa shape index (κ3) is 4.82. The number of amides is 1. The number of hydrogen-bond donors (Lipinski definition) is 2. The topological polar surface area (TPSA) is 166 Å². The van der Waals surface area contributed by atoms with E-state index in [1.165, 1.54) is 10.8 Å². The summed E-state index contributed by atoms with van der Waals surface area (Å²) < 4.78 is 12.2. The largest absolute Gasteiger partial charge is 0.461 e. The molecule has 5 heterocycles. The van der Waals surface area contributed by atoms with Crippen LogP contribution in [0, 0.1) is 0 Å². The Morgan fingerprint density at radius 3 is 2.69 bits per heavy atom. The minimum atomic E-state index is -0.705. The molecule has 1 fully saturated rings. The van der Waals surface area contributed by atoms with Crippen molar-refractivity contribution in [2.24, 2.45) is 0 Å². The van der Waals surface area contributed by atoms with Gasteiger partial charge in [0.05, 0.1) is 12.9 Å². The molecule has 0 aromatic carbocycles. The number of piperazine rings is 1. The maximum atomic E-state index is 13.4. The lowest BCUT2D eigenvalue weighted by Gasteiger charge is -2.36. The van der Waals surface area contributed by atoms with Crippen LogP contribution in [0.2, 0.25) is 0 Å². The molecule has 0 radical (unpaired) electrons. The van der Waals surface area contributed by atoms with Gasteiger partial charge >= 0.3 is 0 Å². The van der Waals surface area contributed by atoms with Crippen molar-refractivity contribution in [1.29, 1.82) is 0 Å². The summed E-state index contributed by atoms with van der Waals surface area (Å²) in [6.45, 7) is 4.79. The number of nitrogens with zero attached hydrogens (tertiary/aromatic N) is 9. The van der Waals surface area contributed by atoms with E-state index in [4.69, 9.17) is 14.9 Å². The van der Waals surface area contributed by atoms with E-state index in [-0.39, 0.29) is 30.2 Å². The van der Waals surface area contributed by atoms with Crippen molar-refractivity contribution in [2.75, 3.05) is 55.3 Å². The first-order valence-corrected chi connectivity index (χ1v) is 11.2. The summed E-state index contributed by atoms with van der Waals surface area (Å²) in [5.74, 6) is 1.80. The van der Waals surface area contributed by atoms with Crippen LogP contribution in [0.5, 0.6) is 0 Å². The zero-order valence-electron chi connectivity index (χ0n) is 19.1. The number of fused-ring (bicyclic) bond motifs is 1. The van der Waals surface area contributed by atoms with Crippen LogP contribution in [-0.2, 0) is 9.53 Å². The predicted molar refractivity (Wildman–Crippen MR) is 125 cm³/mol. The lowest BCUT2D eigenvalue weighted by molar-refractivity contribution is -0.133. The van der Waals surface area contributed by atoms with E-state index in [1.807, 2.05) is 6.92 Å². The van der Waals surface area contributed by atoms with E-state index in [2.05, 4.69) is 40.2 Å². The molecule has 1 amide bonds. The number of nitrogen functional groups attached to an aromatic ring is 1. The fraction of sp³-hybridized carbons (Fsp3) is 0.381. The molecule has 1 saturated heterocycles. The Hall–Kier alpha value is -4.33. The van der Waals surface area contributed by atoms with Gasteiger partial charge in [-0.1, -0.05) is 0 Å². The van der Waals surface area contributed by atoms with Gasteiger partial charge < -0.3 is 30.0 Å². The van der Waals surface area contributed by atoms with E-state index in [1.54, 1.807) is 35.5 Å². The number of rotatable bonds is 8. The van der Waals surface area contributed by atoms with Crippen molar-refractivity contribution in [2.45, 2.75) is 13.0 Å². The highest BCUT2D eigenvalue weighted by atomic mass is 16.5. The Morgan fingerprint density at radius 2 is 1.97 bits per heavy atom. The molecule has 0 unspecified atom stereocenters. The first-order chi connectivity index (χ1) is 17.1. The Kier molecular flexibility index (Phi) is 6.34. The third-order valence-corrected chi connectivity index (χ3v) is 5.49. The number of furan rings is 1. The van der Waals surface area contributed by atoms with E-state index in [0.29, 0.717) is 50.3 Å². The molecule has 14 heteroatoms.